The van der Waals surface area contributed by atoms with Gasteiger partial charge in [-0.15, -0.1) is 0 Å². The van der Waals surface area contributed by atoms with Crippen LogP contribution < -0.4 is 5.32 Å². The zero-order valence-electron chi connectivity index (χ0n) is 13.3. The van der Waals surface area contributed by atoms with E-state index in [1.807, 2.05) is 0 Å². The number of nitrogens with one attached hydrogen (secondary N) is 1. The van der Waals surface area contributed by atoms with E-state index < -0.39 is 0 Å². The van der Waals surface area contributed by atoms with Crippen molar-refractivity contribution in [3.8, 4) is 0 Å². The molecule has 2 saturated heterocycles. The molecule has 0 aromatic carbocycles. The maximum absolute atomic E-state index is 5.82. The van der Waals surface area contributed by atoms with Crippen LogP contribution >= 0.6 is 0 Å². The van der Waals surface area contributed by atoms with Crippen LogP contribution in [0.2, 0.25) is 0 Å². The van der Waals surface area contributed by atoms with Crippen LogP contribution in [-0.2, 0) is 9.47 Å². The van der Waals surface area contributed by atoms with Gasteiger partial charge in [0.2, 0.25) is 0 Å². The number of hydrogen-bond acceptors (Lipinski definition) is 4. The van der Waals surface area contributed by atoms with Crippen molar-refractivity contribution in [3.05, 3.63) is 0 Å². The Morgan fingerprint density at radius 2 is 1.95 bits per heavy atom. The zero-order valence-corrected chi connectivity index (χ0v) is 13.3. The summed E-state index contributed by atoms with van der Waals surface area (Å²) in [5, 5.41) is 3.66. The van der Waals surface area contributed by atoms with Gasteiger partial charge in [-0.1, -0.05) is 13.8 Å². The minimum Gasteiger partial charge on any atom is -0.381 e. The van der Waals surface area contributed by atoms with Gasteiger partial charge in [0.1, 0.15) is 0 Å². The summed E-state index contributed by atoms with van der Waals surface area (Å²) in [7, 11) is 0. The summed E-state index contributed by atoms with van der Waals surface area (Å²) >= 11 is 0. The Labute approximate surface area is 124 Å². The third-order valence-corrected chi connectivity index (χ3v) is 4.33. The summed E-state index contributed by atoms with van der Waals surface area (Å²) in [6, 6.07) is 0. The van der Waals surface area contributed by atoms with E-state index in [0.717, 1.165) is 59.0 Å². The fourth-order valence-electron chi connectivity index (χ4n) is 3.29. The van der Waals surface area contributed by atoms with Crippen LogP contribution in [0.15, 0.2) is 0 Å². The Morgan fingerprint density at radius 3 is 2.70 bits per heavy atom. The second-order valence-electron chi connectivity index (χ2n) is 6.92. The highest BCUT2D eigenvalue weighted by Gasteiger charge is 2.34. The number of ether oxygens (including phenoxy) is 2. The summed E-state index contributed by atoms with van der Waals surface area (Å²) in [5.41, 5.74) is 0.303. The van der Waals surface area contributed by atoms with E-state index in [9.17, 15) is 0 Å². The number of rotatable bonds is 6. The largest absolute Gasteiger partial charge is 0.381 e. The molecule has 118 valence electrons. The number of hydrogen-bond donors (Lipinski definition) is 1. The average molecular weight is 284 g/mol. The van der Waals surface area contributed by atoms with Crippen molar-refractivity contribution in [1.82, 2.24) is 10.2 Å². The van der Waals surface area contributed by atoms with E-state index in [0.29, 0.717) is 11.3 Å². The monoisotopic (exact) mass is 284 g/mol. The van der Waals surface area contributed by atoms with E-state index >= 15 is 0 Å². The smallest absolute Gasteiger partial charge is 0.0593 e. The maximum atomic E-state index is 5.82. The minimum absolute atomic E-state index is 0.303. The molecule has 1 N–H and O–H groups in total. The molecule has 1 unspecified atom stereocenters. The topological polar surface area (TPSA) is 33.7 Å². The molecule has 0 bridgehead atoms. The van der Waals surface area contributed by atoms with Crippen LogP contribution in [0.1, 0.15) is 33.1 Å². The third-order valence-electron chi connectivity index (χ3n) is 4.33. The highest BCUT2D eigenvalue weighted by Crippen LogP contribution is 2.29. The van der Waals surface area contributed by atoms with Crippen LogP contribution in [0.3, 0.4) is 0 Å². The van der Waals surface area contributed by atoms with Crippen molar-refractivity contribution in [2.75, 3.05) is 59.2 Å². The minimum atomic E-state index is 0.303. The van der Waals surface area contributed by atoms with E-state index in [2.05, 4.69) is 24.1 Å². The molecule has 0 saturated carbocycles. The first-order valence-electron chi connectivity index (χ1n) is 8.29. The Morgan fingerprint density at radius 1 is 1.10 bits per heavy atom. The lowest BCUT2D eigenvalue weighted by Gasteiger charge is -2.41. The van der Waals surface area contributed by atoms with Gasteiger partial charge < -0.3 is 19.7 Å². The van der Waals surface area contributed by atoms with Crippen molar-refractivity contribution in [3.63, 3.8) is 0 Å². The van der Waals surface area contributed by atoms with Gasteiger partial charge in [-0.3, -0.25) is 0 Å². The summed E-state index contributed by atoms with van der Waals surface area (Å²) in [5.74, 6) is 0.711. The zero-order chi connectivity index (χ0) is 14.3. The summed E-state index contributed by atoms with van der Waals surface area (Å²) in [6.07, 6.45) is 3.65. The first-order valence-corrected chi connectivity index (χ1v) is 8.29. The van der Waals surface area contributed by atoms with Gasteiger partial charge >= 0.3 is 0 Å². The van der Waals surface area contributed by atoms with Gasteiger partial charge in [-0.25, -0.2) is 0 Å². The standard InChI is InChI=1S/C16H32N2O2/c1-15(2)11-17-12-16(5-3-8-20-14-16)13-18-6-4-9-19-10-7-18/h15,17H,3-14H2,1-2H3. The van der Waals surface area contributed by atoms with E-state index in [4.69, 9.17) is 9.47 Å². The summed E-state index contributed by atoms with van der Waals surface area (Å²) < 4.78 is 11.4. The summed E-state index contributed by atoms with van der Waals surface area (Å²) in [6.45, 7) is 13.8. The molecule has 0 aromatic heterocycles. The van der Waals surface area contributed by atoms with Gasteiger partial charge in [0, 0.05) is 44.8 Å². The van der Waals surface area contributed by atoms with E-state index in [1.165, 1.54) is 19.4 Å². The van der Waals surface area contributed by atoms with Crippen LogP contribution in [0.5, 0.6) is 0 Å². The average Bonchev–Trinajstić information content (AvgIpc) is 2.68. The molecule has 2 rings (SSSR count). The van der Waals surface area contributed by atoms with Gasteiger partial charge in [0.05, 0.1) is 13.2 Å². The molecule has 2 fully saturated rings. The highest BCUT2D eigenvalue weighted by atomic mass is 16.5. The lowest BCUT2D eigenvalue weighted by molar-refractivity contribution is -0.0265. The van der Waals surface area contributed by atoms with Gasteiger partial charge in [0.25, 0.3) is 0 Å². The van der Waals surface area contributed by atoms with Crippen LogP contribution in [-0.4, -0.2) is 64.1 Å². The molecule has 0 radical (unpaired) electrons. The SMILES string of the molecule is CC(C)CNCC1(CN2CCCOCC2)CCCOC1. The molecular weight excluding hydrogens is 252 g/mol. The first kappa shape index (κ1) is 16.2. The van der Waals surface area contributed by atoms with Gasteiger partial charge in [-0.2, -0.15) is 0 Å². The highest BCUT2D eigenvalue weighted by molar-refractivity contribution is 4.87. The molecule has 1 atom stereocenters. The maximum Gasteiger partial charge on any atom is 0.0593 e. The fraction of sp³-hybridized carbons (Fsp3) is 1.00. The second kappa shape index (κ2) is 8.32. The lowest BCUT2D eigenvalue weighted by atomic mass is 9.81. The quantitative estimate of drug-likeness (QED) is 0.806. The molecule has 0 aromatic rings. The molecule has 4 nitrogen and oxygen atoms in total. The Bertz CT molecular complexity index is 257. The van der Waals surface area contributed by atoms with Crippen molar-refractivity contribution < 1.29 is 9.47 Å². The van der Waals surface area contributed by atoms with Crippen LogP contribution in [0.25, 0.3) is 0 Å². The first-order chi connectivity index (χ1) is 9.70. The molecule has 2 heterocycles. The van der Waals surface area contributed by atoms with Crippen LogP contribution in [0, 0.1) is 11.3 Å². The van der Waals surface area contributed by atoms with E-state index in [-0.39, 0.29) is 0 Å². The third kappa shape index (κ3) is 5.32. The molecule has 4 heteroatoms. The van der Waals surface area contributed by atoms with Crippen molar-refractivity contribution in [2.24, 2.45) is 11.3 Å². The molecule has 0 spiro atoms. The Balaban J connectivity index is 1.87. The molecular formula is C16H32N2O2. The lowest BCUT2D eigenvalue weighted by Crippen LogP contribution is -2.50. The van der Waals surface area contributed by atoms with Gasteiger partial charge in [-0.05, 0) is 31.7 Å². The molecule has 2 aliphatic heterocycles. The molecule has 2 aliphatic rings. The predicted octanol–water partition coefficient (Wildman–Crippen LogP) is 1.75. The molecule has 0 aliphatic carbocycles. The van der Waals surface area contributed by atoms with Crippen molar-refractivity contribution in [2.45, 2.75) is 33.1 Å². The fourth-order valence-corrected chi connectivity index (χ4v) is 3.29. The number of nitrogens with zero attached hydrogens (tertiary/aromatic N) is 1. The van der Waals surface area contributed by atoms with Crippen molar-refractivity contribution >= 4 is 0 Å². The molecule has 20 heavy (non-hydrogen) atoms. The second-order valence-corrected chi connectivity index (χ2v) is 6.92. The van der Waals surface area contributed by atoms with Gasteiger partial charge in [0.15, 0.2) is 0 Å². The predicted molar refractivity (Wildman–Crippen MR) is 82.1 cm³/mol. The van der Waals surface area contributed by atoms with E-state index in [1.54, 1.807) is 0 Å². The molecule has 0 amide bonds. The Hall–Kier alpha value is -0.160. The van der Waals surface area contributed by atoms with Crippen molar-refractivity contribution in [1.29, 1.82) is 0 Å². The van der Waals surface area contributed by atoms with Crippen LogP contribution in [0.4, 0.5) is 0 Å². The summed E-state index contributed by atoms with van der Waals surface area (Å²) in [4.78, 5) is 2.58. The Kier molecular flexibility index (Phi) is 6.75. The normalized spacial score (nSPS) is 29.6.